The zero-order valence-electron chi connectivity index (χ0n) is 14.9. The van der Waals surface area contributed by atoms with E-state index in [-0.39, 0.29) is 6.10 Å². The van der Waals surface area contributed by atoms with Crippen molar-refractivity contribution in [2.24, 2.45) is 5.92 Å². The fourth-order valence-electron chi connectivity index (χ4n) is 4.46. The van der Waals surface area contributed by atoms with Crippen LogP contribution in [0.15, 0.2) is 42.5 Å². The first-order valence-corrected chi connectivity index (χ1v) is 9.22. The van der Waals surface area contributed by atoms with E-state index < -0.39 is 0 Å². The van der Waals surface area contributed by atoms with Gasteiger partial charge in [-0.25, -0.2) is 0 Å². The highest BCUT2D eigenvalue weighted by atomic mass is 16.5. The maximum Gasteiger partial charge on any atom is 0.0895 e. The number of fused-ring (bicyclic) bond motifs is 3. The molecule has 4 rings (SSSR count). The number of anilines is 1. The zero-order chi connectivity index (χ0) is 16.7. The van der Waals surface area contributed by atoms with Crippen LogP contribution >= 0.6 is 0 Å². The molecule has 1 N–H and O–H groups in total. The molecule has 1 saturated heterocycles. The number of rotatable bonds is 2. The van der Waals surface area contributed by atoms with E-state index >= 15 is 0 Å². The van der Waals surface area contributed by atoms with Gasteiger partial charge in [-0.3, -0.25) is 0 Å². The second-order valence-corrected chi connectivity index (χ2v) is 7.58. The first kappa shape index (κ1) is 15.7. The minimum Gasteiger partial charge on any atom is -0.378 e. The molecule has 0 unspecified atom stereocenters. The smallest absolute Gasteiger partial charge is 0.0895 e. The number of hydrogen-bond acceptors (Lipinski definition) is 2. The van der Waals surface area contributed by atoms with E-state index in [2.05, 4.69) is 68.6 Å². The number of nitrogens with one attached hydrogen (secondary N) is 1. The van der Waals surface area contributed by atoms with Gasteiger partial charge in [0.15, 0.2) is 0 Å². The molecule has 24 heavy (non-hydrogen) atoms. The van der Waals surface area contributed by atoms with Gasteiger partial charge in [-0.15, -0.1) is 0 Å². The monoisotopic (exact) mass is 321 g/mol. The van der Waals surface area contributed by atoms with Crippen molar-refractivity contribution < 1.29 is 4.74 Å². The summed E-state index contributed by atoms with van der Waals surface area (Å²) in [7, 11) is 0. The minimum atomic E-state index is 0.221. The van der Waals surface area contributed by atoms with Crippen molar-refractivity contribution in [2.75, 3.05) is 11.9 Å². The predicted molar refractivity (Wildman–Crippen MR) is 99.5 cm³/mol. The highest BCUT2D eigenvalue weighted by Gasteiger charge is 2.40. The second kappa shape index (κ2) is 6.25. The SMILES string of the molecule is Cc1cc2c(cc1C(C)C)[C@H]1OCCC[C@H]1[C@H](c1ccccc1)N2. The van der Waals surface area contributed by atoms with Crippen LogP contribution in [0.25, 0.3) is 0 Å². The van der Waals surface area contributed by atoms with E-state index in [9.17, 15) is 0 Å². The zero-order valence-corrected chi connectivity index (χ0v) is 14.9. The Morgan fingerprint density at radius 1 is 1.12 bits per heavy atom. The summed E-state index contributed by atoms with van der Waals surface area (Å²) in [5.41, 5.74) is 6.81. The van der Waals surface area contributed by atoms with Gasteiger partial charge >= 0.3 is 0 Å². The van der Waals surface area contributed by atoms with Crippen molar-refractivity contribution in [2.45, 2.75) is 51.7 Å². The number of aryl methyl sites for hydroxylation is 1. The fourth-order valence-corrected chi connectivity index (χ4v) is 4.46. The van der Waals surface area contributed by atoms with Crippen LogP contribution in [0, 0.1) is 12.8 Å². The van der Waals surface area contributed by atoms with Gasteiger partial charge in [-0.2, -0.15) is 0 Å². The van der Waals surface area contributed by atoms with Gasteiger partial charge in [0.1, 0.15) is 0 Å². The van der Waals surface area contributed by atoms with E-state index in [0.717, 1.165) is 13.0 Å². The van der Waals surface area contributed by atoms with Crippen molar-refractivity contribution in [1.29, 1.82) is 0 Å². The normalized spacial score (nSPS) is 25.8. The summed E-state index contributed by atoms with van der Waals surface area (Å²) in [4.78, 5) is 0. The molecule has 0 aliphatic carbocycles. The predicted octanol–water partition coefficient (Wildman–Crippen LogP) is 5.75. The molecule has 1 fully saturated rings. The van der Waals surface area contributed by atoms with Crippen LogP contribution in [0.2, 0.25) is 0 Å². The third-order valence-electron chi connectivity index (χ3n) is 5.63. The van der Waals surface area contributed by atoms with Gasteiger partial charge in [0.25, 0.3) is 0 Å². The van der Waals surface area contributed by atoms with Gasteiger partial charge in [-0.05, 0) is 48.4 Å². The summed E-state index contributed by atoms with van der Waals surface area (Å²) in [6.45, 7) is 7.66. The molecule has 2 nitrogen and oxygen atoms in total. The van der Waals surface area contributed by atoms with Crippen molar-refractivity contribution in [3.05, 3.63) is 64.7 Å². The molecule has 0 amide bonds. The van der Waals surface area contributed by atoms with Gasteiger partial charge in [-0.1, -0.05) is 50.2 Å². The van der Waals surface area contributed by atoms with Crippen LogP contribution in [0.3, 0.4) is 0 Å². The molecule has 2 aliphatic rings. The average Bonchev–Trinajstić information content (AvgIpc) is 2.61. The number of benzene rings is 2. The topological polar surface area (TPSA) is 21.3 Å². The summed E-state index contributed by atoms with van der Waals surface area (Å²) in [6, 6.07) is 15.9. The molecule has 0 bridgehead atoms. The lowest BCUT2D eigenvalue weighted by Crippen LogP contribution is -2.36. The Balaban J connectivity index is 1.80. The van der Waals surface area contributed by atoms with Gasteiger partial charge in [0, 0.05) is 23.8 Å². The quantitative estimate of drug-likeness (QED) is 0.760. The molecule has 2 heterocycles. The van der Waals surface area contributed by atoms with Gasteiger partial charge in [0.05, 0.1) is 12.1 Å². The lowest BCUT2D eigenvalue weighted by atomic mass is 9.76. The van der Waals surface area contributed by atoms with Gasteiger partial charge < -0.3 is 10.1 Å². The third kappa shape index (κ3) is 2.63. The molecular weight excluding hydrogens is 294 g/mol. The van der Waals surface area contributed by atoms with Crippen molar-refractivity contribution in [3.8, 4) is 0 Å². The van der Waals surface area contributed by atoms with Crippen molar-refractivity contribution >= 4 is 5.69 Å². The Morgan fingerprint density at radius 3 is 2.67 bits per heavy atom. The van der Waals surface area contributed by atoms with Crippen LogP contribution < -0.4 is 5.32 Å². The number of ether oxygens (including phenoxy) is 1. The molecule has 126 valence electrons. The molecule has 0 spiro atoms. The molecule has 2 aromatic carbocycles. The molecule has 2 heteroatoms. The maximum atomic E-state index is 6.29. The summed E-state index contributed by atoms with van der Waals surface area (Å²) in [6.07, 6.45) is 2.60. The molecule has 0 saturated carbocycles. The molecule has 2 aliphatic heterocycles. The summed E-state index contributed by atoms with van der Waals surface area (Å²) >= 11 is 0. The summed E-state index contributed by atoms with van der Waals surface area (Å²) in [5, 5.41) is 3.84. The molecular formula is C22H27NO. The van der Waals surface area contributed by atoms with Crippen molar-refractivity contribution in [3.63, 3.8) is 0 Å². The Labute approximate surface area is 145 Å². The van der Waals surface area contributed by atoms with Crippen LogP contribution in [-0.2, 0) is 4.74 Å². The molecule has 3 atom stereocenters. The lowest BCUT2D eigenvalue weighted by Gasteiger charge is -2.44. The standard InChI is InChI=1S/C22H27NO/c1-14(2)18-13-19-20(12-15(18)3)23-21(16-8-5-4-6-9-16)17-10-7-11-24-22(17)19/h4-6,8-9,12-14,17,21-23H,7,10-11H2,1-3H3/t17-,21-,22-/m0/s1. The van der Waals surface area contributed by atoms with Crippen LogP contribution in [-0.4, -0.2) is 6.61 Å². The Kier molecular flexibility index (Phi) is 4.09. The van der Waals surface area contributed by atoms with Crippen LogP contribution in [0.1, 0.15) is 67.0 Å². The highest BCUT2D eigenvalue weighted by Crippen LogP contribution is 2.49. The first-order chi connectivity index (χ1) is 11.6. The summed E-state index contributed by atoms with van der Waals surface area (Å²) < 4.78 is 6.29. The van der Waals surface area contributed by atoms with E-state index in [1.54, 1.807) is 0 Å². The second-order valence-electron chi connectivity index (χ2n) is 7.58. The largest absolute Gasteiger partial charge is 0.378 e. The minimum absolute atomic E-state index is 0.221. The van der Waals surface area contributed by atoms with E-state index in [1.165, 1.54) is 34.4 Å². The van der Waals surface area contributed by atoms with E-state index in [4.69, 9.17) is 4.74 Å². The highest BCUT2D eigenvalue weighted by molar-refractivity contribution is 5.60. The van der Waals surface area contributed by atoms with Crippen LogP contribution in [0.5, 0.6) is 0 Å². The Hall–Kier alpha value is -1.80. The average molecular weight is 321 g/mol. The summed E-state index contributed by atoms with van der Waals surface area (Å²) in [5.74, 6) is 1.06. The Morgan fingerprint density at radius 2 is 1.92 bits per heavy atom. The van der Waals surface area contributed by atoms with E-state index in [1.807, 2.05) is 0 Å². The first-order valence-electron chi connectivity index (χ1n) is 9.22. The van der Waals surface area contributed by atoms with Crippen molar-refractivity contribution in [1.82, 2.24) is 0 Å². The fraction of sp³-hybridized carbons (Fsp3) is 0.455. The lowest BCUT2D eigenvalue weighted by molar-refractivity contribution is -0.0381. The third-order valence-corrected chi connectivity index (χ3v) is 5.63. The van der Waals surface area contributed by atoms with Crippen LogP contribution in [0.4, 0.5) is 5.69 Å². The number of hydrogen-bond donors (Lipinski definition) is 1. The van der Waals surface area contributed by atoms with E-state index in [0.29, 0.717) is 17.9 Å². The maximum absolute atomic E-state index is 6.29. The molecule has 2 aromatic rings. The Bertz CT molecular complexity index is 722. The molecule has 0 aromatic heterocycles. The van der Waals surface area contributed by atoms with Gasteiger partial charge in [0.2, 0.25) is 0 Å². The molecule has 0 radical (unpaired) electrons.